The number of hydrogen-bond acceptors (Lipinski definition) is 3. The van der Waals surface area contributed by atoms with Crippen LogP contribution in [0.3, 0.4) is 0 Å². The molecule has 20 heavy (non-hydrogen) atoms. The summed E-state index contributed by atoms with van der Waals surface area (Å²) in [5, 5.41) is 3.28. The van der Waals surface area contributed by atoms with E-state index >= 15 is 0 Å². The summed E-state index contributed by atoms with van der Waals surface area (Å²) in [7, 11) is -3.23. The largest absolute Gasteiger partial charge is 0.315 e. The lowest BCUT2D eigenvalue weighted by atomic mass is 10.0. The minimum absolute atomic E-state index is 0.00689. The molecule has 4 nitrogen and oxygen atoms in total. The highest BCUT2D eigenvalue weighted by atomic mass is 32.2. The summed E-state index contributed by atoms with van der Waals surface area (Å²) >= 11 is 0. The van der Waals surface area contributed by atoms with Gasteiger partial charge in [0.05, 0.1) is 5.75 Å². The third kappa shape index (κ3) is 4.89. The summed E-state index contributed by atoms with van der Waals surface area (Å²) in [6.45, 7) is 3.68. The van der Waals surface area contributed by atoms with Gasteiger partial charge in [-0.25, -0.2) is 13.1 Å². The van der Waals surface area contributed by atoms with Crippen molar-refractivity contribution in [3.05, 3.63) is 35.9 Å². The number of rotatable bonds is 5. The molecule has 1 heterocycles. The van der Waals surface area contributed by atoms with E-state index in [0.717, 1.165) is 37.9 Å². The van der Waals surface area contributed by atoms with Gasteiger partial charge in [0.2, 0.25) is 10.0 Å². The molecule has 5 heteroatoms. The lowest BCUT2D eigenvalue weighted by Gasteiger charge is -2.19. The van der Waals surface area contributed by atoms with Crippen molar-refractivity contribution in [3.8, 4) is 0 Å². The molecule has 2 N–H and O–H groups in total. The van der Waals surface area contributed by atoms with E-state index < -0.39 is 10.0 Å². The maximum absolute atomic E-state index is 12.3. The topological polar surface area (TPSA) is 58.2 Å². The molecule has 1 saturated heterocycles. The van der Waals surface area contributed by atoms with Crippen molar-refractivity contribution >= 4 is 10.0 Å². The van der Waals surface area contributed by atoms with Crippen LogP contribution in [0.2, 0.25) is 0 Å². The second-order valence-corrected chi connectivity index (χ2v) is 7.41. The summed E-state index contributed by atoms with van der Waals surface area (Å²) in [5.74, 6) is 0.153. The van der Waals surface area contributed by atoms with E-state index in [-0.39, 0.29) is 17.7 Å². The zero-order chi connectivity index (χ0) is 14.4. The van der Waals surface area contributed by atoms with Gasteiger partial charge < -0.3 is 5.32 Å². The minimum Gasteiger partial charge on any atom is -0.315 e. The molecule has 2 unspecified atom stereocenters. The van der Waals surface area contributed by atoms with E-state index in [1.54, 1.807) is 0 Å². The fourth-order valence-corrected chi connectivity index (χ4v) is 4.28. The van der Waals surface area contributed by atoms with Gasteiger partial charge in [0.1, 0.15) is 0 Å². The van der Waals surface area contributed by atoms with Crippen LogP contribution in [0, 0.1) is 0 Å². The average molecular weight is 296 g/mol. The molecule has 1 aromatic carbocycles. The zero-order valence-electron chi connectivity index (χ0n) is 12.0. The van der Waals surface area contributed by atoms with Gasteiger partial charge in [-0.15, -0.1) is 0 Å². The molecule has 0 radical (unpaired) electrons. The Morgan fingerprint density at radius 2 is 2.05 bits per heavy atom. The molecule has 0 aliphatic carbocycles. The van der Waals surface area contributed by atoms with E-state index in [1.807, 2.05) is 37.3 Å². The minimum atomic E-state index is -3.23. The molecule has 1 aromatic rings. The maximum atomic E-state index is 12.3. The lowest BCUT2D eigenvalue weighted by Crippen LogP contribution is -2.42. The second kappa shape index (κ2) is 7.20. The third-order valence-corrected chi connectivity index (χ3v) is 5.36. The normalized spacial score (nSPS) is 22.1. The Hall–Kier alpha value is -0.910. The monoisotopic (exact) mass is 296 g/mol. The van der Waals surface area contributed by atoms with Crippen molar-refractivity contribution in [2.45, 2.75) is 38.1 Å². The van der Waals surface area contributed by atoms with Crippen molar-refractivity contribution in [3.63, 3.8) is 0 Å². The van der Waals surface area contributed by atoms with Crippen LogP contribution in [-0.2, 0) is 10.0 Å². The van der Waals surface area contributed by atoms with Gasteiger partial charge in [-0.1, -0.05) is 43.7 Å². The summed E-state index contributed by atoms with van der Waals surface area (Å²) < 4.78 is 27.4. The molecule has 0 amide bonds. The number of benzene rings is 1. The van der Waals surface area contributed by atoms with Crippen LogP contribution in [-0.4, -0.2) is 33.3 Å². The predicted octanol–water partition coefficient (Wildman–Crippen LogP) is 1.85. The fourth-order valence-electron chi connectivity index (χ4n) is 2.63. The first-order valence-electron chi connectivity index (χ1n) is 7.32. The van der Waals surface area contributed by atoms with Crippen LogP contribution in [0.4, 0.5) is 0 Å². The molecular formula is C15H24N2O2S. The van der Waals surface area contributed by atoms with Crippen molar-refractivity contribution in [2.75, 3.05) is 18.8 Å². The van der Waals surface area contributed by atoms with Crippen LogP contribution < -0.4 is 10.0 Å². The van der Waals surface area contributed by atoms with E-state index in [4.69, 9.17) is 0 Å². The molecular weight excluding hydrogens is 272 g/mol. The maximum Gasteiger partial charge on any atom is 0.212 e. The number of sulfonamides is 1. The van der Waals surface area contributed by atoms with Gasteiger partial charge >= 0.3 is 0 Å². The Morgan fingerprint density at radius 3 is 2.80 bits per heavy atom. The molecule has 2 rings (SSSR count). The molecule has 1 aliphatic rings. The van der Waals surface area contributed by atoms with Crippen LogP contribution in [0.5, 0.6) is 0 Å². The molecule has 0 bridgehead atoms. The standard InChI is InChI=1S/C15H24N2O2S/c1-13(14-7-3-2-4-8-14)12-20(18,19)17-15-9-5-6-10-16-11-15/h2-4,7-8,13,15-17H,5-6,9-12H2,1H3. The van der Waals surface area contributed by atoms with Crippen molar-refractivity contribution < 1.29 is 8.42 Å². The first-order valence-corrected chi connectivity index (χ1v) is 8.98. The lowest BCUT2D eigenvalue weighted by molar-refractivity contribution is 0.518. The first-order chi connectivity index (χ1) is 9.57. The quantitative estimate of drug-likeness (QED) is 0.872. The summed E-state index contributed by atoms with van der Waals surface area (Å²) in [5.41, 5.74) is 1.07. The highest BCUT2D eigenvalue weighted by Crippen LogP contribution is 2.17. The fraction of sp³-hybridized carbons (Fsp3) is 0.600. The zero-order valence-corrected chi connectivity index (χ0v) is 12.8. The van der Waals surface area contributed by atoms with Crippen LogP contribution in [0.25, 0.3) is 0 Å². The van der Waals surface area contributed by atoms with Gasteiger partial charge in [-0.05, 0) is 30.9 Å². The van der Waals surface area contributed by atoms with Gasteiger partial charge in [-0.2, -0.15) is 0 Å². The Morgan fingerprint density at radius 1 is 1.30 bits per heavy atom. The van der Waals surface area contributed by atoms with Gasteiger partial charge in [0, 0.05) is 12.6 Å². The predicted molar refractivity (Wildman–Crippen MR) is 82.3 cm³/mol. The van der Waals surface area contributed by atoms with Crippen LogP contribution >= 0.6 is 0 Å². The first kappa shape index (κ1) is 15.5. The molecule has 1 aliphatic heterocycles. The second-order valence-electron chi connectivity index (χ2n) is 5.61. The van der Waals surface area contributed by atoms with E-state index in [9.17, 15) is 8.42 Å². The van der Waals surface area contributed by atoms with E-state index in [0.29, 0.717) is 0 Å². The van der Waals surface area contributed by atoms with Crippen molar-refractivity contribution in [2.24, 2.45) is 0 Å². The number of nitrogens with one attached hydrogen (secondary N) is 2. The Bertz CT molecular complexity index is 494. The average Bonchev–Trinajstić information content (AvgIpc) is 2.67. The van der Waals surface area contributed by atoms with Crippen LogP contribution in [0.1, 0.15) is 37.7 Å². The molecule has 0 spiro atoms. The van der Waals surface area contributed by atoms with Gasteiger partial charge in [0.15, 0.2) is 0 Å². The molecule has 2 atom stereocenters. The molecule has 1 fully saturated rings. The van der Waals surface area contributed by atoms with Gasteiger partial charge in [0.25, 0.3) is 0 Å². The van der Waals surface area contributed by atoms with Crippen LogP contribution in [0.15, 0.2) is 30.3 Å². The molecule has 112 valence electrons. The highest BCUT2D eigenvalue weighted by molar-refractivity contribution is 7.89. The Balaban J connectivity index is 1.93. The third-order valence-electron chi connectivity index (χ3n) is 3.73. The summed E-state index contributed by atoms with van der Waals surface area (Å²) in [6.07, 6.45) is 3.12. The smallest absolute Gasteiger partial charge is 0.212 e. The highest BCUT2D eigenvalue weighted by Gasteiger charge is 2.21. The van der Waals surface area contributed by atoms with Gasteiger partial charge in [-0.3, -0.25) is 0 Å². The molecule has 0 aromatic heterocycles. The van der Waals surface area contributed by atoms with E-state index in [1.165, 1.54) is 0 Å². The summed E-state index contributed by atoms with van der Waals surface area (Å²) in [4.78, 5) is 0. The van der Waals surface area contributed by atoms with Crippen molar-refractivity contribution in [1.82, 2.24) is 10.0 Å². The Kier molecular flexibility index (Phi) is 5.57. The van der Waals surface area contributed by atoms with E-state index in [2.05, 4.69) is 10.0 Å². The SMILES string of the molecule is CC(CS(=O)(=O)NC1CCCCNC1)c1ccccc1. The summed E-state index contributed by atoms with van der Waals surface area (Å²) in [6, 6.07) is 9.83. The van der Waals surface area contributed by atoms with Crippen molar-refractivity contribution in [1.29, 1.82) is 0 Å². The molecule has 0 saturated carbocycles. The number of hydrogen-bond donors (Lipinski definition) is 2. The Labute approximate surface area is 122 Å².